The van der Waals surface area contributed by atoms with Crippen LogP contribution in [0.5, 0.6) is 0 Å². The Morgan fingerprint density at radius 3 is 2.38 bits per heavy atom. The lowest BCUT2D eigenvalue weighted by Crippen LogP contribution is -2.41. The molecule has 2 atom stereocenters. The molecule has 4 aromatic rings. The van der Waals surface area contributed by atoms with Crippen LogP contribution in [0, 0.1) is 11.7 Å². The molecule has 0 radical (unpaired) electrons. The molecule has 1 fully saturated rings. The molecular formula is C31H36F4N6O5S2. The van der Waals surface area contributed by atoms with Gasteiger partial charge in [-0.05, 0) is 85.0 Å². The summed E-state index contributed by atoms with van der Waals surface area (Å²) in [4.78, 5) is 5.88. The van der Waals surface area contributed by atoms with Crippen LogP contribution in [0.3, 0.4) is 0 Å². The molecule has 2 aromatic heterocycles. The first-order valence-electron chi connectivity index (χ1n) is 15.1. The molecule has 1 aliphatic carbocycles. The van der Waals surface area contributed by atoms with Crippen LogP contribution in [0.1, 0.15) is 40.2 Å². The number of benzene rings is 2. The average molecular weight is 713 g/mol. The molecule has 2 N–H and O–H groups in total. The monoisotopic (exact) mass is 712 g/mol. The topological polar surface area (TPSA) is 139 Å². The summed E-state index contributed by atoms with van der Waals surface area (Å²) in [5.41, 5.74) is 2.13. The van der Waals surface area contributed by atoms with Gasteiger partial charge < -0.3 is 9.47 Å². The van der Waals surface area contributed by atoms with E-state index in [0.29, 0.717) is 24.0 Å². The van der Waals surface area contributed by atoms with Gasteiger partial charge in [-0.25, -0.2) is 22.5 Å². The predicted molar refractivity (Wildman–Crippen MR) is 168 cm³/mol. The molecule has 0 bridgehead atoms. The second-order valence-electron chi connectivity index (χ2n) is 12.1. The number of likely N-dealkylation sites (tertiary alicyclic amines) is 1. The number of rotatable bonds is 10. The van der Waals surface area contributed by atoms with Crippen LogP contribution in [-0.2, 0) is 59.7 Å². The molecule has 0 spiro atoms. The zero-order valence-electron chi connectivity index (χ0n) is 26.2. The van der Waals surface area contributed by atoms with Gasteiger partial charge in [-0.3, -0.25) is 9.23 Å². The van der Waals surface area contributed by atoms with E-state index in [0.717, 1.165) is 49.4 Å². The third-order valence-corrected chi connectivity index (χ3v) is 11.0. The van der Waals surface area contributed by atoms with E-state index in [1.165, 1.54) is 53.2 Å². The number of sulfonamides is 1. The van der Waals surface area contributed by atoms with Gasteiger partial charge in [-0.15, -0.1) is 0 Å². The van der Waals surface area contributed by atoms with E-state index < -0.39 is 37.7 Å². The van der Waals surface area contributed by atoms with Crippen molar-refractivity contribution in [3.63, 3.8) is 0 Å². The van der Waals surface area contributed by atoms with Crippen LogP contribution in [0.15, 0.2) is 71.2 Å². The molecule has 2 aliphatic rings. The number of hydrogen-bond donors (Lipinski definition) is 2. The molecule has 1 saturated heterocycles. The highest BCUT2D eigenvalue weighted by Gasteiger charge is 2.36. The Labute approximate surface area is 276 Å². The number of imidazole rings is 1. The van der Waals surface area contributed by atoms with Gasteiger partial charge in [0.05, 0.1) is 24.3 Å². The van der Waals surface area contributed by atoms with Crippen molar-refractivity contribution >= 4 is 20.1 Å². The van der Waals surface area contributed by atoms with Gasteiger partial charge in [-0.1, -0.05) is 24.3 Å². The number of nitrogens with zero attached hydrogens (tertiary/aromatic N) is 5. The zero-order valence-corrected chi connectivity index (χ0v) is 27.9. The van der Waals surface area contributed by atoms with Crippen molar-refractivity contribution in [3.8, 4) is 0 Å². The molecule has 3 heterocycles. The van der Waals surface area contributed by atoms with Crippen molar-refractivity contribution in [2.75, 3.05) is 26.2 Å². The van der Waals surface area contributed by atoms with Crippen LogP contribution in [0.2, 0.25) is 0 Å². The first kappa shape index (κ1) is 35.7. The SMILES string of the molecule is Cn1cc(S(=O)(=O)NCCc2cc3c(cc2F)CC(CN2CCC2)C3Cc2cccc(C(F)(F)F)c2)cn1.Cn1cncc1S(=O)(=O)O. The Kier molecular flexibility index (Phi) is 10.5. The van der Waals surface area contributed by atoms with E-state index in [9.17, 15) is 30.0 Å². The summed E-state index contributed by atoms with van der Waals surface area (Å²) in [6.07, 6.45) is 2.95. The van der Waals surface area contributed by atoms with E-state index in [1.807, 2.05) is 0 Å². The second kappa shape index (κ2) is 14.1. The summed E-state index contributed by atoms with van der Waals surface area (Å²) in [5, 5.41) is 3.67. The van der Waals surface area contributed by atoms with Crippen LogP contribution in [0.4, 0.5) is 17.6 Å². The van der Waals surface area contributed by atoms with Gasteiger partial charge in [0.2, 0.25) is 10.0 Å². The summed E-state index contributed by atoms with van der Waals surface area (Å²) >= 11 is 0. The van der Waals surface area contributed by atoms with Crippen LogP contribution in [-0.4, -0.2) is 71.8 Å². The molecular weight excluding hydrogens is 677 g/mol. The van der Waals surface area contributed by atoms with Gasteiger partial charge in [0.1, 0.15) is 10.7 Å². The van der Waals surface area contributed by atoms with Gasteiger partial charge in [-0.2, -0.15) is 26.7 Å². The number of aryl methyl sites for hydroxylation is 2. The molecule has 17 heteroatoms. The number of halogens is 4. The Hall–Kier alpha value is -3.64. The fourth-order valence-corrected chi connectivity index (χ4v) is 7.72. The van der Waals surface area contributed by atoms with Crippen molar-refractivity contribution < 1.29 is 39.0 Å². The largest absolute Gasteiger partial charge is 0.416 e. The minimum absolute atomic E-state index is 0.00242. The van der Waals surface area contributed by atoms with Crippen LogP contribution >= 0.6 is 0 Å². The first-order chi connectivity index (χ1) is 22.5. The summed E-state index contributed by atoms with van der Waals surface area (Å²) in [6.45, 7) is 2.82. The van der Waals surface area contributed by atoms with Crippen molar-refractivity contribution in [3.05, 3.63) is 95.0 Å². The molecule has 48 heavy (non-hydrogen) atoms. The summed E-state index contributed by atoms with van der Waals surface area (Å²) in [7, 11) is -4.77. The maximum Gasteiger partial charge on any atom is 0.416 e. The third-order valence-electron chi connectivity index (χ3n) is 8.62. The highest BCUT2D eigenvalue weighted by molar-refractivity contribution is 7.89. The number of alkyl halides is 3. The molecule has 6 rings (SSSR count). The Balaban J connectivity index is 0.000000387. The van der Waals surface area contributed by atoms with Crippen molar-refractivity contribution in [2.24, 2.45) is 20.0 Å². The number of fused-ring (bicyclic) bond motifs is 1. The minimum atomic E-state index is -4.42. The van der Waals surface area contributed by atoms with Gasteiger partial charge in [0.15, 0.2) is 5.03 Å². The third kappa shape index (κ3) is 8.49. The lowest BCUT2D eigenvalue weighted by atomic mass is 9.85. The van der Waals surface area contributed by atoms with E-state index in [1.54, 1.807) is 19.2 Å². The highest BCUT2D eigenvalue weighted by atomic mass is 32.2. The summed E-state index contributed by atoms with van der Waals surface area (Å²) < 4.78 is 114. The number of aromatic nitrogens is 4. The van der Waals surface area contributed by atoms with Gasteiger partial charge in [0, 0.05) is 33.4 Å². The molecule has 260 valence electrons. The maximum absolute atomic E-state index is 15.1. The van der Waals surface area contributed by atoms with Crippen LogP contribution < -0.4 is 4.72 Å². The minimum Gasteiger partial charge on any atom is -0.323 e. The molecule has 2 unspecified atom stereocenters. The highest BCUT2D eigenvalue weighted by Crippen LogP contribution is 2.43. The van der Waals surface area contributed by atoms with E-state index in [-0.39, 0.29) is 34.7 Å². The lowest BCUT2D eigenvalue weighted by molar-refractivity contribution is -0.137. The van der Waals surface area contributed by atoms with Crippen LogP contribution in [0.25, 0.3) is 0 Å². The van der Waals surface area contributed by atoms with E-state index >= 15 is 4.39 Å². The quantitative estimate of drug-likeness (QED) is 0.186. The van der Waals surface area contributed by atoms with E-state index in [2.05, 4.69) is 19.7 Å². The first-order valence-corrected chi connectivity index (χ1v) is 18.1. The number of nitrogens with one attached hydrogen (secondary N) is 1. The predicted octanol–water partition coefficient (Wildman–Crippen LogP) is 3.97. The fourth-order valence-electron chi connectivity index (χ4n) is 6.10. The zero-order chi connectivity index (χ0) is 34.9. The second-order valence-corrected chi connectivity index (χ2v) is 15.2. The summed E-state index contributed by atoms with van der Waals surface area (Å²) in [6, 6.07) is 8.74. The Bertz CT molecular complexity index is 1970. The molecule has 0 saturated carbocycles. The molecule has 2 aromatic carbocycles. The van der Waals surface area contributed by atoms with Crippen molar-refractivity contribution in [2.45, 2.75) is 47.7 Å². The smallest absolute Gasteiger partial charge is 0.323 e. The van der Waals surface area contributed by atoms with Crippen molar-refractivity contribution in [1.82, 2.24) is 29.0 Å². The van der Waals surface area contributed by atoms with Crippen molar-refractivity contribution in [1.29, 1.82) is 0 Å². The summed E-state index contributed by atoms with van der Waals surface area (Å²) in [5.74, 6) is -0.286. The average Bonchev–Trinajstić information content (AvgIpc) is 3.70. The normalized spacial score (nSPS) is 18.2. The van der Waals surface area contributed by atoms with Gasteiger partial charge >= 0.3 is 16.3 Å². The standard InChI is InChI=1S/C27H30F4N4O2S.C4H6N2O3S/c1-34-17-23(15-32-34)38(36,37)33-7-6-19-13-25-20(14-26(19)28)12-21(16-35-8-3-9-35)24(25)11-18-4-2-5-22(10-18)27(29,30)31;1-6-3-5-2-4(6)10(7,8)9/h2,4-5,10,13-15,17,21,24,33H,3,6-9,11-12,16H2,1H3;2-3H,1H3,(H,7,8,9). The molecule has 1 aliphatic heterocycles. The Morgan fingerprint density at radius 2 is 1.81 bits per heavy atom. The molecule has 11 nitrogen and oxygen atoms in total. The van der Waals surface area contributed by atoms with Gasteiger partial charge in [0.25, 0.3) is 0 Å². The molecule has 0 amide bonds. The maximum atomic E-state index is 15.1. The van der Waals surface area contributed by atoms with E-state index in [4.69, 9.17) is 4.55 Å². The fraction of sp³-hybridized carbons (Fsp3) is 0.419. The number of hydrogen-bond acceptors (Lipinski definition) is 7. The lowest BCUT2D eigenvalue weighted by Gasteiger charge is -2.35. The Morgan fingerprint density at radius 1 is 1.06 bits per heavy atom.